The van der Waals surface area contributed by atoms with E-state index in [1.54, 1.807) is 34.8 Å². The molecular weight excluding hydrogens is 454 g/mol. The monoisotopic (exact) mass is 490 g/mol. The number of carbonyl (C=O) groups is 1. The zero-order valence-electron chi connectivity index (χ0n) is 21.4. The molecule has 1 aromatic carbocycles. The number of nitrogens with zero attached hydrogens (tertiary/aromatic N) is 5. The fourth-order valence-corrected chi connectivity index (χ4v) is 3.84. The van der Waals surface area contributed by atoms with E-state index in [9.17, 15) is 13.6 Å². The SMILES string of the molecule is CC.CCOCCn1nc(Nc2cc(-c3cnn(C)c3)ccc2F)c2c1CCN(C(C)=O)C2.CF. The molecule has 1 aliphatic rings. The lowest BCUT2D eigenvalue weighted by molar-refractivity contribution is -0.129. The number of aromatic nitrogens is 4. The van der Waals surface area contributed by atoms with Gasteiger partial charge in [0.25, 0.3) is 0 Å². The fraction of sp³-hybridized carbons (Fsp3) is 0.480. The van der Waals surface area contributed by atoms with E-state index in [0.717, 1.165) is 22.4 Å². The Morgan fingerprint density at radius 1 is 1.23 bits per heavy atom. The van der Waals surface area contributed by atoms with Crippen molar-refractivity contribution in [2.75, 3.05) is 32.3 Å². The van der Waals surface area contributed by atoms with Crippen LogP contribution in [0, 0.1) is 5.82 Å². The molecule has 4 rings (SSSR count). The Morgan fingerprint density at radius 2 is 1.97 bits per heavy atom. The van der Waals surface area contributed by atoms with Crippen molar-refractivity contribution < 1.29 is 18.3 Å². The highest BCUT2D eigenvalue weighted by Gasteiger charge is 2.26. The van der Waals surface area contributed by atoms with Crippen molar-refractivity contribution in [1.82, 2.24) is 24.5 Å². The molecule has 0 fully saturated rings. The largest absolute Gasteiger partial charge is 0.380 e. The van der Waals surface area contributed by atoms with Gasteiger partial charge in [0.2, 0.25) is 5.91 Å². The second-order valence-electron chi connectivity index (χ2n) is 7.61. The average molecular weight is 491 g/mol. The lowest BCUT2D eigenvalue weighted by Crippen LogP contribution is -2.34. The first-order chi connectivity index (χ1) is 17.0. The molecule has 1 N–H and O–H groups in total. The van der Waals surface area contributed by atoms with Gasteiger partial charge in [0.15, 0.2) is 5.82 Å². The van der Waals surface area contributed by atoms with E-state index >= 15 is 0 Å². The van der Waals surface area contributed by atoms with E-state index in [1.165, 1.54) is 6.07 Å². The van der Waals surface area contributed by atoms with E-state index in [4.69, 9.17) is 9.84 Å². The van der Waals surface area contributed by atoms with Crippen LogP contribution < -0.4 is 5.32 Å². The van der Waals surface area contributed by atoms with Crippen LogP contribution in [0.5, 0.6) is 0 Å². The normalized spacial score (nSPS) is 12.2. The zero-order chi connectivity index (χ0) is 26.0. The van der Waals surface area contributed by atoms with Crippen LogP contribution in [0.3, 0.4) is 0 Å². The molecule has 35 heavy (non-hydrogen) atoms. The van der Waals surface area contributed by atoms with Crippen molar-refractivity contribution >= 4 is 17.4 Å². The van der Waals surface area contributed by atoms with Gasteiger partial charge in [0, 0.05) is 56.6 Å². The molecule has 8 nitrogen and oxygen atoms in total. The third-order valence-electron chi connectivity index (χ3n) is 5.49. The maximum atomic E-state index is 14.7. The van der Waals surface area contributed by atoms with Crippen molar-refractivity contribution in [3.05, 3.63) is 47.7 Å². The summed E-state index contributed by atoms with van der Waals surface area (Å²) in [5, 5.41) is 12.1. The zero-order valence-corrected chi connectivity index (χ0v) is 21.4. The number of rotatable bonds is 7. The molecule has 192 valence electrons. The van der Waals surface area contributed by atoms with Gasteiger partial charge in [-0.2, -0.15) is 10.2 Å². The minimum absolute atomic E-state index is 0.0171. The summed E-state index contributed by atoms with van der Waals surface area (Å²) in [5.41, 5.74) is 4.07. The van der Waals surface area contributed by atoms with Crippen LogP contribution in [0.15, 0.2) is 30.6 Å². The highest BCUT2D eigenvalue weighted by atomic mass is 19.1. The number of aryl methyl sites for hydroxylation is 1. The minimum atomic E-state index is -0.371. The number of amides is 1. The summed E-state index contributed by atoms with van der Waals surface area (Å²) in [5.74, 6) is 0.215. The molecule has 1 aliphatic heterocycles. The van der Waals surface area contributed by atoms with Crippen LogP contribution in [0.4, 0.5) is 20.3 Å². The first kappa shape index (κ1) is 28.0. The van der Waals surface area contributed by atoms with Crippen molar-refractivity contribution in [3.8, 4) is 11.1 Å². The molecule has 0 unspecified atom stereocenters. The number of ether oxygens (including phenoxy) is 1. The number of hydrogen-bond acceptors (Lipinski definition) is 5. The Morgan fingerprint density at radius 3 is 2.60 bits per heavy atom. The Hall–Kier alpha value is -3.27. The lowest BCUT2D eigenvalue weighted by Gasteiger charge is -2.26. The van der Waals surface area contributed by atoms with E-state index in [1.807, 2.05) is 38.7 Å². The van der Waals surface area contributed by atoms with E-state index < -0.39 is 0 Å². The van der Waals surface area contributed by atoms with E-state index in [2.05, 4.69) is 10.4 Å². The number of hydrogen-bond donors (Lipinski definition) is 1. The van der Waals surface area contributed by atoms with E-state index in [-0.39, 0.29) is 11.7 Å². The fourth-order valence-electron chi connectivity index (χ4n) is 3.84. The van der Waals surface area contributed by atoms with Gasteiger partial charge in [-0.25, -0.2) is 4.39 Å². The first-order valence-corrected chi connectivity index (χ1v) is 11.8. The summed E-state index contributed by atoms with van der Waals surface area (Å²) in [6.45, 7) is 10.4. The molecule has 3 heterocycles. The first-order valence-electron chi connectivity index (χ1n) is 11.8. The highest BCUT2D eigenvalue weighted by Crippen LogP contribution is 2.31. The number of halogens is 2. The van der Waals surface area contributed by atoms with E-state index in [0.29, 0.717) is 58.0 Å². The maximum Gasteiger partial charge on any atom is 0.219 e. The Labute approximate surface area is 205 Å². The smallest absolute Gasteiger partial charge is 0.219 e. The molecule has 0 spiro atoms. The van der Waals surface area contributed by atoms with Crippen LogP contribution in [0.1, 0.15) is 39.0 Å². The molecule has 0 radical (unpaired) electrons. The summed E-state index contributed by atoms with van der Waals surface area (Å²) in [6.07, 6.45) is 4.33. The Balaban J connectivity index is 0.00000103. The van der Waals surface area contributed by atoms with Gasteiger partial charge in [0.1, 0.15) is 5.82 Å². The summed E-state index contributed by atoms with van der Waals surface area (Å²) in [7, 11) is 2.34. The van der Waals surface area contributed by atoms with Crippen LogP contribution in [-0.2, 0) is 36.1 Å². The summed E-state index contributed by atoms with van der Waals surface area (Å²) < 4.78 is 33.3. The van der Waals surface area contributed by atoms with Crippen molar-refractivity contribution in [1.29, 1.82) is 0 Å². The molecule has 0 saturated heterocycles. The van der Waals surface area contributed by atoms with Crippen molar-refractivity contribution in [3.63, 3.8) is 0 Å². The number of carbonyl (C=O) groups excluding carboxylic acids is 1. The van der Waals surface area contributed by atoms with Gasteiger partial charge in [-0.3, -0.25) is 18.5 Å². The van der Waals surface area contributed by atoms with Crippen LogP contribution in [-0.4, -0.2) is 57.3 Å². The van der Waals surface area contributed by atoms with Gasteiger partial charge in [0.05, 0.1) is 38.8 Å². The summed E-state index contributed by atoms with van der Waals surface area (Å²) in [4.78, 5) is 13.7. The molecular formula is C25H36F2N6O2. The molecule has 0 bridgehead atoms. The molecule has 0 atom stereocenters. The topological polar surface area (TPSA) is 77.2 Å². The molecule has 1 amide bonds. The van der Waals surface area contributed by atoms with Gasteiger partial charge in [-0.15, -0.1) is 0 Å². The predicted molar refractivity (Wildman–Crippen MR) is 134 cm³/mol. The molecule has 0 aliphatic carbocycles. The molecule has 3 aromatic rings. The van der Waals surface area contributed by atoms with Gasteiger partial charge in [-0.05, 0) is 24.6 Å². The maximum absolute atomic E-state index is 14.7. The van der Waals surface area contributed by atoms with Gasteiger partial charge < -0.3 is 15.0 Å². The number of alkyl halides is 1. The summed E-state index contributed by atoms with van der Waals surface area (Å²) >= 11 is 0. The average Bonchev–Trinajstić information content (AvgIpc) is 3.46. The molecule has 2 aromatic heterocycles. The van der Waals surface area contributed by atoms with Crippen molar-refractivity contribution in [2.45, 2.75) is 47.2 Å². The van der Waals surface area contributed by atoms with Crippen LogP contribution in [0.2, 0.25) is 0 Å². The lowest BCUT2D eigenvalue weighted by atomic mass is 10.1. The van der Waals surface area contributed by atoms with Gasteiger partial charge >= 0.3 is 0 Å². The highest BCUT2D eigenvalue weighted by molar-refractivity contribution is 5.75. The predicted octanol–water partition coefficient (Wildman–Crippen LogP) is 4.72. The second-order valence-corrected chi connectivity index (χ2v) is 7.61. The summed E-state index contributed by atoms with van der Waals surface area (Å²) in [6, 6.07) is 4.92. The number of anilines is 2. The van der Waals surface area contributed by atoms with Crippen molar-refractivity contribution in [2.24, 2.45) is 7.05 Å². The Kier molecular flexibility index (Phi) is 10.8. The van der Waals surface area contributed by atoms with Gasteiger partial charge in [-0.1, -0.05) is 19.9 Å². The van der Waals surface area contributed by atoms with Crippen LogP contribution in [0.25, 0.3) is 11.1 Å². The Bertz CT molecular complexity index is 1100. The number of benzene rings is 1. The molecule has 0 saturated carbocycles. The standard InChI is InChI=1S/C22H27FN6O2.C2H6.CH3F/c1-4-31-10-9-29-21-7-8-28(15(2)30)14-18(21)22(26-29)25-20-11-16(5-6-19(20)23)17-12-24-27(3)13-17;2*1-2/h5-6,11-13H,4,7-10,14H2,1-3H3,(H,25,26);1-2H3;1H3. The second kappa shape index (κ2) is 13.6. The number of nitrogens with one attached hydrogen (secondary N) is 1. The van der Waals surface area contributed by atoms with Crippen LogP contribution >= 0.6 is 0 Å². The quantitative estimate of drug-likeness (QED) is 0.485. The minimum Gasteiger partial charge on any atom is -0.380 e. The molecule has 10 heteroatoms. The third-order valence-corrected chi connectivity index (χ3v) is 5.49. The number of fused-ring (bicyclic) bond motifs is 1. The third kappa shape index (κ3) is 6.88.